The van der Waals surface area contributed by atoms with Crippen molar-refractivity contribution in [3.05, 3.63) is 0 Å². The number of hydrogen-bond acceptors (Lipinski definition) is 2. The Hall–Kier alpha value is -0.0800. The Balaban J connectivity index is 3.88. The minimum atomic E-state index is -0.583. The summed E-state index contributed by atoms with van der Waals surface area (Å²) in [6.45, 7) is 14.3. The van der Waals surface area contributed by atoms with Crippen molar-refractivity contribution in [2.45, 2.75) is 53.6 Å². The first kappa shape index (κ1) is 13.9. The standard InChI is InChI=1S/C12H27NO/c1-7-10(2)12(6,14)9-13-8-11(3,4)5/h10,13-14H,7-9H2,1-6H3. The molecule has 86 valence electrons. The zero-order valence-corrected chi connectivity index (χ0v) is 10.6. The highest BCUT2D eigenvalue weighted by Crippen LogP contribution is 2.19. The molecule has 2 unspecified atom stereocenters. The molecule has 0 aromatic carbocycles. The van der Waals surface area contributed by atoms with E-state index in [1.165, 1.54) is 0 Å². The van der Waals surface area contributed by atoms with E-state index in [2.05, 4.69) is 39.9 Å². The third-order valence-electron chi connectivity index (χ3n) is 2.81. The van der Waals surface area contributed by atoms with E-state index in [1.54, 1.807) is 0 Å². The highest BCUT2D eigenvalue weighted by molar-refractivity contribution is 4.81. The van der Waals surface area contributed by atoms with E-state index in [1.807, 2.05) is 6.92 Å². The van der Waals surface area contributed by atoms with E-state index in [9.17, 15) is 5.11 Å². The van der Waals surface area contributed by atoms with Crippen molar-refractivity contribution in [2.24, 2.45) is 11.3 Å². The van der Waals surface area contributed by atoms with Gasteiger partial charge in [-0.3, -0.25) is 0 Å². The number of rotatable bonds is 5. The third-order valence-corrected chi connectivity index (χ3v) is 2.81. The van der Waals surface area contributed by atoms with Gasteiger partial charge in [0.05, 0.1) is 5.60 Å². The Morgan fingerprint density at radius 1 is 1.14 bits per heavy atom. The molecule has 2 nitrogen and oxygen atoms in total. The van der Waals surface area contributed by atoms with Gasteiger partial charge in [-0.25, -0.2) is 0 Å². The molecule has 0 saturated carbocycles. The molecule has 2 N–H and O–H groups in total. The van der Waals surface area contributed by atoms with Crippen LogP contribution < -0.4 is 5.32 Å². The average molecular weight is 201 g/mol. The molecule has 0 rings (SSSR count). The van der Waals surface area contributed by atoms with Crippen molar-refractivity contribution in [2.75, 3.05) is 13.1 Å². The minimum absolute atomic E-state index is 0.283. The van der Waals surface area contributed by atoms with Crippen LogP contribution in [0, 0.1) is 11.3 Å². The van der Waals surface area contributed by atoms with Crippen LogP contribution in [0.1, 0.15) is 48.0 Å². The molecule has 0 aliphatic rings. The second-order valence-corrected chi connectivity index (χ2v) is 5.83. The quantitative estimate of drug-likeness (QED) is 0.716. The fourth-order valence-electron chi connectivity index (χ4n) is 1.30. The van der Waals surface area contributed by atoms with Crippen molar-refractivity contribution in [1.82, 2.24) is 5.32 Å². The van der Waals surface area contributed by atoms with Gasteiger partial charge in [-0.1, -0.05) is 41.0 Å². The molecule has 0 aromatic rings. The third kappa shape index (κ3) is 5.61. The molecule has 0 aromatic heterocycles. The van der Waals surface area contributed by atoms with Crippen molar-refractivity contribution >= 4 is 0 Å². The van der Waals surface area contributed by atoms with E-state index >= 15 is 0 Å². The highest BCUT2D eigenvalue weighted by Gasteiger charge is 2.26. The Morgan fingerprint density at radius 3 is 2.00 bits per heavy atom. The predicted molar refractivity (Wildman–Crippen MR) is 62.4 cm³/mol. The van der Waals surface area contributed by atoms with Gasteiger partial charge in [-0.15, -0.1) is 0 Å². The maximum Gasteiger partial charge on any atom is 0.0768 e. The second-order valence-electron chi connectivity index (χ2n) is 5.83. The van der Waals surface area contributed by atoms with Crippen LogP contribution in [0.2, 0.25) is 0 Å². The lowest BCUT2D eigenvalue weighted by molar-refractivity contribution is 0.00424. The summed E-state index contributed by atoms with van der Waals surface area (Å²) in [5.41, 5.74) is -0.300. The molecule has 0 radical (unpaired) electrons. The van der Waals surface area contributed by atoms with Crippen LogP contribution >= 0.6 is 0 Å². The van der Waals surface area contributed by atoms with Gasteiger partial charge in [0.1, 0.15) is 0 Å². The average Bonchev–Trinajstić information content (AvgIpc) is 2.00. The Labute approximate surface area is 89.1 Å². The molecule has 0 aliphatic heterocycles. The molecule has 0 aliphatic carbocycles. The van der Waals surface area contributed by atoms with E-state index in [0.29, 0.717) is 12.5 Å². The van der Waals surface area contributed by atoms with Crippen LogP contribution in [0.5, 0.6) is 0 Å². The van der Waals surface area contributed by atoms with E-state index in [0.717, 1.165) is 13.0 Å². The van der Waals surface area contributed by atoms with Gasteiger partial charge in [0, 0.05) is 13.1 Å². The molecule has 0 saturated heterocycles. The summed E-state index contributed by atoms with van der Waals surface area (Å²) in [6.07, 6.45) is 1.02. The first-order chi connectivity index (χ1) is 6.19. The van der Waals surface area contributed by atoms with Gasteiger partial charge in [0.15, 0.2) is 0 Å². The van der Waals surface area contributed by atoms with Crippen LogP contribution in [-0.4, -0.2) is 23.8 Å². The molecular weight excluding hydrogens is 174 g/mol. The molecular formula is C12H27NO. The number of nitrogens with one attached hydrogen (secondary N) is 1. The molecule has 0 amide bonds. The Bertz CT molecular complexity index is 158. The smallest absolute Gasteiger partial charge is 0.0768 e. The Morgan fingerprint density at radius 2 is 1.64 bits per heavy atom. The maximum atomic E-state index is 10.1. The minimum Gasteiger partial charge on any atom is -0.389 e. The summed E-state index contributed by atoms with van der Waals surface area (Å²) >= 11 is 0. The first-order valence-corrected chi connectivity index (χ1v) is 5.62. The normalized spacial score (nSPS) is 19.1. The maximum absolute atomic E-state index is 10.1. The lowest BCUT2D eigenvalue weighted by atomic mass is 9.88. The fraction of sp³-hybridized carbons (Fsp3) is 1.00. The summed E-state index contributed by atoms with van der Waals surface area (Å²) in [5, 5.41) is 13.4. The van der Waals surface area contributed by atoms with Crippen LogP contribution in [0.15, 0.2) is 0 Å². The number of aliphatic hydroxyl groups is 1. The van der Waals surface area contributed by atoms with Gasteiger partial charge >= 0.3 is 0 Å². The predicted octanol–water partition coefficient (Wildman–Crippen LogP) is 2.42. The first-order valence-electron chi connectivity index (χ1n) is 5.62. The van der Waals surface area contributed by atoms with Crippen LogP contribution in [0.4, 0.5) is 0 Å². The zero-order valence-electron chi connectivity index (χ0n) is 10.6. The second kappa shape index (κ2) is 5.13. The molecule has 0 heterocycles. The molecule has 14 heavy (non-hydrogen) atoms. The topological polar surface area (TPSA) is 32.3 Å². The van der Waals surface area contributed by atoms with Crippen molar-refractivity contribution in [1.29, 1.82) is 0 Å². The van der Waals surface area contributed by atoms with Gasteiger partial charge in [-0.05, 0) is 18.3 Å². The Kier molecular flexibility index (Phi) is 5.10. The van der Waals surface area contributed by atoms with Crippen LogP contribution in [0.25, 0.3) is 0 Å². The van der Waals surface area contributed by atoms with E-state index in [-0.39, 0.29) is 5.41 Å². The molecule has 0 spiro atoms. The van der Waals surface area contributed by atoms with Crippen molar-refractivity contribution < 1.29 is 5.11 Å². The monoisotopic (exact) mass is 201 g/mol. The van der Waals surface area contributed by atoms with Crippen molar-refractivity contribution in [3.63, 3.8) is 0 Å². The van der Waals surface area contributed by atoms with E-state index in [4.69, 9.17) is 0 Å². The lowest BCUT2D eigenvalue weighted by Crippen LogP contribution is -2.45. The summed E-state index contributed by atoms with van der Waals surface area (Å²) < 4.78 is 0. The van der Waals surface area contributed by atoms with Crippen LogP contribution in [-0.2, 0) is 0 Å². The number of hydrogen-bond donors (Lipinski definition) is 2. The summed E-state index contributed by atoms with van der Waals surface area (Å²) in [6, 6.07) is 0. The summed E-state index contributed by atoms with van der Waals surface area (Å²) in [7, 11) is 0. The fourth-order valence-corrected chi connectivity index (χ4v) is 1.30. The van der Waals surface area contributed by atoms with Gasteiger partial charge in [-0.2, -0.15) is 0 Å². The van der Waals surface area contributed by atoms with Gasteiger partial charge in [0.2, 0.25) is 0 Å². The molecule has 2 heteroatoms. The van der Waals surface area contributed by atoms with E-state index < -0.39 is 5.60 Å². The summed E-state index contributed by atoms with van der Waals surface area (Å²) in [4.78, 5) is 0. The van der Waals surface area contributed by atoms with Crippen molar-refractivity contribution in [3.8, 4) is 0 Å². The van der Waals surface area contributed by atoms with Gasteiger partial charge in [0.25, 0.3) is 0 Å². The van der Waals surface area contributed by atoms with Gasteiger partial charge < -0.3 is 10.4 Å². The highest BCUT2D eigenvalue weighted by atomic mass is 16.3. The summed E-state index contributed by atoms with van der Waals surface area (Å²) in [5.74, 6) is 0.343. The largest absolute Gasteiger partial charge is 0.389 e. The molecule has 0 fully saturated rings. The molecule has 2 atom stereocenters. The SMILES string of the molecule is CCC(C)C(C)(O)CNCC(C)(C)C. The zero-order chi connectivity index (χ0) is 11.4. The lowest BCUT2D eigenvalue weighted by Gasteiger charge is -2.31. The van der Waals surface area contributed by atoms with Crippen LogP contribution in [0.3, 0.4) is 0 Å². The molecule has 0 bridgehead atoms.